The topological polar surface area (TPSA) is 73.5 Å². The first-order valence-corrected chi connectivity index (χ1v) is 5.74. The number of amides is 3. The maximum Gasteiger partial charge on any atom is 0.321 e. The predicted octanol–water partition coefficient (Wildman–Crippen LogP) is -0.286. The van der Waals surface area contributed by atoms with Crippen molar-refractivity contribution in [2.24, 2.45) is 0 Å². The predicted molar refractivity (Wildman–Crippen MR) is 72.9 cm³/mol. The molecule has 0 aromatic heterocycles. The number of likely N-dealkylation sites (N-methyl/N-ethyl adjacent to an activating group) is 1. The van der Waals surface area contributed by atoms with Crippen LogP contribution in [0.2, 0.25) is 0 Å². The van der Waals surface area contributed by atoms with Crippen LogP contribution in [0.5, 0.6) is 0 Å². The Kier molecular flexibility index (Phi) is 8.36. The van der Waals surface area contributed by atoms with E-state index in [4.69, 9.17) is 0 Å². The molecule has 0 saturated carbocycles. The summed E-state index contributed by atoms with van der Waals surface area (Å²) in [6.07, 6.45) is 2.59. The van der Waals surface area contributed by atoms with Gasteiger partial charge in [0.2, 0.25) is 5.91 Å². The highest BCUT2D eigenvalue weighted by atomic mass is 35.5. The van der Waals surface area contributed by atoms with Crippen molar-refractivity contribution in [1.29, 1.82) is 0 Å². The molecule has 1 fully saturated rings. The van der Waals surface area contributed by atoms with Gasteiger partial charge in [-0.3, -0.25) is 15.0 Å². The van der Waals surface area contributed by atoms with Crippen LogP contribution in [0.3, 0.4) is 0 Å². The molecule has 0 spiro atoms. The van der Waals surface area contributed by atoms with Gasteiger partial charge in [0.05, 0.1) is 6.54 Å². The van der Waals surface area contributed by atoms with Gasteiger partial charge in [0.15, 0.2) is 0 Å². The number of likely N-dealkylation sites (tertiary alicyclic amines) is 1. The van der Waals surface area contributed by atoms with Crippen molar-refractivity contribution in [2.75, 3.05) is 33.2 Å². The van der Waals surface area contributed by atoms with Crippen LogP contribution in [0.15, 0.2) is 12.7 Å². The van der Waals surface area contributed by atoms with E-state index >= 15 is 0 Å². The Labute approximate surface area is 114 Å². The summed E-state index contributed by atoms with van der Waals surface area (Å²) in [5, 5.41) is 7.94. The molecule has 1 heterocycles. The van der Waals surface area contributed by atoms with Crippen molar-refractivity contribution in [3.63, 3.8) is 0 Å². The van der Waals surface area contributed by atoms with Crippen LogP contribution in [0.1, 0.15) is 6.42 Å². The number of nitrogens with one attached hydrogen (secondary N) is 3. The molecule has 7 heteroatoms. The van der Waals surface area contributed by atoms with Crippen molar-refractivity contribution in [2.45, 2.75) is 12.5 Å². The minimum absolute atomic E-state index is 0. The van der Waals surface area contributed by atoms with Gasteiger partial charge < -0.3 is 10.6 Å². The molecule has 1 aliphatic rings. The molecule has 1 unspecified atom stereocenters. The standard InChI is InChI=1S/C11H20N4O2.ClH/c1-3-5-13-11(17)14-10(16)8-15-6-4-9(7-15)12-2;/h3,9,12H,1,4-8H2,2H3,(H2,13,14,16,17);1H. The van der Waals surface area contributed by atoms with Crippen molar-refractivity contribution >= 4 is 24.3 Å². The van der Waals surface area contributed by atoms with Gasteiger partial charge in [0, 0.05) is 25.7 Å². The minimum atomic E-state index is -0.473. The Hall–Kier alpha value is -1.11. The Balaban J connectivity index is 0.00000289. The summed E-state index contributed by atoms with van der Waals surface area (Å²) < 4.78 is 0. The zero-order valence-electron chi connectivity index (χ0n) is 10.6. The van der Waals surface area contributed by atoms with E-state index in [9.17, 15) is 9.59 Å². The highest BCUT2D eigenvalue weighted by Gasteiger charge is 2.22. The molecular weight excluding hydrogens is 256 g/mol. The molecule has 1 rings (SSSR count). The van der Waals surface area contributed by atoms with Gasteiger partial charge in [-0.05, 0) is 13.5 Å². The van der Waals surface area contributed by atoms with Gasteiger partial charge >= 0.3 is 6.03 Å². The molecule has 104 valence electrons. The molecular formula is C11H21ClN4O2. The highest BCUT2D eigenvalue weighted by Crippen LogP contribution is 2.07. The molecule has 0 aromatic carbocycles. The summed E-state index contributed by atoms with van der Waals surface area (Å²) in [6, 6.07) is -0.0309. The maximum absolute atomic E-state index is 11.5. The summed E-state index contributed by atoms with van der Waals surface area (Å²) in [5.41, 5.74) is 0. The Morgan fingerprint density at radius 3 is 2.78 bits per heavy atom. The SMILES string of the molecule is C=CCNC(=O)NC(=O)CN1CCC(NC)C1.Cl. The van der Waals surface area contributed by atoms with E-state index in [-0.39, 0.29) is 24.9 Å². The molecule has 1 aliphatic heterocycles. The van der Waals surface area contributed by atoms with Gasteiger partial charge in [-0.2, -0.15) is 0 Å². The minimum Gasteiger partial charge on any atom is -0.334 e. The summed E-state index contributed by atoms with van der Waals surface area (Å²) in [5.74, 6) is -0.275. The molecule has 6 nitrogen and oxygen atoms in total. The zero-order valence-corrected chi connectivity index (χ0v) is 11.4. The lowest BCUT2D eigenvalue weighted by Gasteiger charge is -2.15. The molecule has 0 aliphatic carbocycles. The monoisotopic (exact) mass is 276 g/mol. The number of nitrogens with zero attached hydrogens (tertiary/aromatic N) is 1. The fourth-order valence-corrected chi connectivity index (χ4v) is 1.79. The van der Waals surface area contributed by atoms with Gasteiger partial charge in [-0.15, -0.1) is 19.0 Å². The van der Waals surface area contributed by atoms with E-state index in [1.165, 1.54) is 0 Å². The lowest BCUT2D eigenvalue weighted by atomic mass is 10.3. The molecule has 0 bridgehead atoms. The van der Waals surface area contributed by atoms with Crippen molar-refractivity contribution in [3.8, 4) is 0 Å². The first kappa shape index (κ1) is 16.9. The number of urea groups is 1. The molecule has 1 atom stereocenters. The van der Waals surface area contributed by atoms with Gasteiger partial charge in [0.1, 0.15) is 0 Å². The largest absolute Gasteiger partial charge is 0.334 e. The van der Waals surface area contributed by atoms with E-state index in [1.54, 1.807) is 6.08 Å². The summed E-state index contributed by atoms with van der Waals surface area (Å²) in [4.78, 5) is 24.7. The van der Waals surface area contributed by atoms with Gasteiger partial charge in [0.25, 0.3) is 0 Å². The van der Waals surface area contributed by atoms with Crippen LogP contribution in [-0.2, 0) is 4.79 Å². The average Bonchev–Trinajstić information content (AvgIpc) is 2.73. The molecule has 3 amide bonds. The third kappa shape index (κ3) is 6.00. The summed E-state index contributed by atoms with van der Waals surface area (Å²) in [6.45, 7) is 5.81. The molecule has 18 heavy (non-hydrogen) atoms. The number of rotatable bonds is 5. The summed E-state index contributed by atoms with van der Waals surface area (Å²) in [7, 11) is 1.91. The van der Waals surface area contributed by atoms with Crippen LogP contribution in [-0.4, -0.2) is 56.1 Å². The number of carbonyl (C=O) groups is 2. The number of hydrogen-bond acceptors (Lipinski definition) is 4. The smallest absolute Gasteiger partial charge is 0.321 e. The van der Waals surface area contributed by atoms with Gasteiger partial charge in [-0.25, -0.2) is 4.79 Å². The third-order valence-corrected chi connectivity index (χ3v) is 2.71. The van der Waals surface area contributed by atoms with Crippen LogP contribution < -0.4 is 16.0 Å². The second kappa shape index (κ2) is 8.91. The van der Waals surface area contributed by atoms with E-state index in [1.807, 2.05) is 11.9 Å². The average molecular weight is 277 g/mol. The fourth-order valence-electron chi connectivity index (χ4n) is 1.79. The lowest BCUT2D eigenvalue weighted by molar-refractivity contribution is -0.120. The van der Waals surface area contributed by atoms with E-state index in [0.717, 1.165) is 19.5 Å². The van der Waals surface area contributed by atoms with Crippen molar-refractivity contribution in [1.82, 2.24) is 20.9 Å². The van der Waals surface area contributed by atoms with Crippen molar-refractivity contribution in [3.05, 3.63) is 12.7 Å². The number of carbonyl (C=O) groups excluding carboxylic acids is 2. The number of imide groups is 1. The van der Waals surface area contributed by atoms with Gasteiger partial charge in [-0.1, -0.05) is 6.08 Å². The second-order valence-electron chi connectivity index (χ2n) is 4.06. The van der Waals surface area contributed by atoms with E-state index in [2.05, 4.69) is 22.5 Å². The van der Waals surface area contributed by atoms with Crippen molar-refractivity contribution < 1.29 is 9.59 Å². The number of halogens is 1. The Morgan fingerprint density at radius 1 is 1.50 bits per heavy atom. The lowest BCUT2D eigenvalue weighted by Crippen LogP contribution is -2.44. The van der Waals surface area contributed by atoms with Crippen LogP contribution in [0.4, 0.5) is 4.79 Å². The third-order valence-electron chi connectivity index (χ3n) is 2.71. The van der Waals surface area contributed by atoms with Crippen LogP contribution in [0, 0.1) is 0 Å². The van der Waals surface area contributed by atoms with Crippen LogP contribution >= 0.6 is 12.4 Å². The summed E-state index contributed by atoms with van der Waals surface area (Å²) >= 11 is 0. The normalized spacial score (nSPS) is 18.8. The van der Waals surface area contributed by atoms with E-state index < -0.39 is 6.03 Å². The first-order chi connectivity index (χ1) is 8.15. The molecule has 0 aromatic rings. The van der Waals surface area contributed by atoms with Crippen LogP contribution in [0.25, 0.3) is 0 Å². The number of hydrogen-bond donors (Lipinski definition) is 3. The Morgan fingerprint density at radius 2 is 2.22 bits per heavy atom. The zero-order chi connectivity index (χ0) is 12.7. The maximum atomic E-state index is 11.5. The fraction of sp³-hybridized carbons (Fsp3) is 0.636. The molecule has 1 saturated heterocycles. The molecule has 0 radical (unpaired) electrons. The first-order valence-electron chi connectivity index (χ1n) is 5.74. The molecule has 3 N–H and O–H groups in total. The Bertz CT molecular complexity index is 299. The highest BCUT2D eigenvalue weighted by molar-refractivity contribution is 5.95. The quantitative estimate of drug-likeness (QED) is 0.604. The second-order valence-corrected chi connectivity index (χ2v) is 4.06. The van der Waals surface area contributed by atoms with E-state index in [0.29, 0.717) is 12.6 Å².